The van der Waals surface area contributed by atoms with Crippen molar-refractivity contribution in [3.63, 3.8) is 0 Å². The third-order valence-corrected chi connectivity index (χ3v) is 3.42. The average molecular weight is 212 g/mol. The lowest BCUT2D eigenvalue weighted by atomic mass is 10.00. The van der Waals surface area contributed by atoms with Crippen molar-refractivity contribution in [1.29, 1.82) is 0 Å². The van der Waals surface area contributed by atoms with Crippen molar-refractivity contribution < 1.29 is 4.79 Å². The number of primary amides is 1. The van der Waals surface area contributed by atoms with Gasteiger partial charge in [0.2, 0.25) is 5.91 Å². The van der Waals surface area contributed by atoms with Crippen LogP contribution in [0.5, 0.6) is 0 Å². The van der Waals surface area contributed by atoms with E-state index in [1.165, 1.54) is 25.7 Å². The topological polar surface area (TPSA) is 55.1 Å². The summed E-state index contributed by atoms with van der Waals surface area (Å²) in [5.41, 5.74) is 5.07. The second kappa shape index (κ2) is 6.83. The third kappa shape index (κ3) is 5.17. The summed E-state index contributed by atoms with van der Waals surface area (Å²) in [4.78, 5) is 10.5. The molecule has 1 rings (SSSR count). The van der Waals surface area contributed by atoms with E-state index in [1.54, 1.807) is 0 Å². The van der Waals surface area contributed by atoms with E-state index >= 15 is 0 Å². The molecule has 0 spiro atoms. The van der Waals surface area contributed by atoms with Gasteiger partial charge >= 0.3 is 0 Å². The zero-order chi connectivity index (χ0) is 11.1. The van der Waals surface area contributed by atoms with Crippen LogP contribution in [0.3, 0.4) is 0 Å². The number of hydrogen-bond acceptors (Lipinski definition) is 2. The second-order valence-corrected chi connectivity index (χ2v) is 4.71. The van der Waals surface area contributed by atoms with Gasteiger partial charge in [0.25, 0.3) is 0 Å². The minimum Gasteiger partial charge on any atom is -0.370 e. The van der Waals surface area contributed by atoms with Crippen LogP contribution in [0.25, 0.3) is 0 Å². The Balaban J connectivity index is 1.96. The van der Waals surface area contributed by atoms with Crippen LogP contribution in [-0.4, -0.2) is 18.5 Å². The molecular formula is C12H24N2O. The van der Waals surface area contributed by atoms with Crippen molar-refractivity contribution in [2.45, 2.75) is 57.9 Å². The fourth-order valence-electron chi connectivity index (χ4n) is 2.38. The van der Waals surface area contributed by atoms with Crippen molar-refractivity contribution in [2.24, 2.45) is 11.7 Å². The highest BCUT2D eigenvalue weighted by Crippen LogP contribution is 2.27. The van der Waals surface area contributed by atoms with Gasteiger partial charge in [-0.3, -0.25) is 4.79 Å². The molecule has 0 bridgehead atoms. The molecule has 0 aliphatic heterocycles. The molecule has 1 fully saturated rings. The smallest absolute Gasteiger partial charge is 0.217 e. The number of hydrogen-bond donors (Lipinski definition) is 2. The fraction of sp³-hybridized carbons (Fsp3) is 0.917. The quantitative estimate of drug-likeness (QED) is 0.632. The molecule has 1 amide bonds. The fourth-order valence-corrected chi connectivity index (χ4v) is 2.38. The molecule has 88 valence electrons. The Morgan fingerprint density at radius 1 is 1.40 bits per heavy atom. The van der Waals surface area contributed by atoms with Crippen LogP contribution in [0.2, 0.25) is 0 Å². The molecule has 0 aromatic heterocycles. The van der Waals surface area contributed by atoms with Gasteiger partial charge in [0.1, 0.15) is 0 Å². The van der Waals surface area contributed by atoms with Crippen LogP contribution in [0.1, 0.15) is 51.9 Å². The Hall–Kier alpha value is -0.570. The molecule has 0 heterocycles. The van der Waals surface area contributed by atoms with Crippen molar-refractivity contribution in [1.82, 2.24) is 5.32 Å². The molecule has 1 aliphatic carbocycles. The van der Waals surface area contributed by atoms with Gasteiger partial charge in [-0.05, 0) is 45.1 Å². The highest BCUT2D eigenvalue weighted by Gasteiger charge is 2.20. The number of unbranched alkanes of at least 4 members (excludes halogenated alkanes) is 1. The van der Waals surface area contributed by atoms with E-state index in [-0.39, 0.29) is 5.91 Å². The standard InChI is InChI=1S/C12H24N2O/c1-10(11-6-2-3-7-11)14-9-5-4-8-12(13)15/h10-11,14H,2-9H2,1H3,(H2,13,15). The molecule has 1 atom stereocenters. The molecular weight excluding hydrogens is 188 g/mol. The monoisotopic (exact) mass is 212 g/mol. The van der Waals surface area contributed by atoms with Crippen molar-refractivity contribution in [3.05, 3.63) is 0 Å². The molecule has 3 nitrogen and oxygen atoms in total. The second-order valence-electron chi connectivity index (χ2n) is 4.71. The first kappa shape index (κ1) is 12.5. The van der Waals surface area contributed by atoms with Gasteiger partial charge in [-0.2, -0.15) is 0 Å². The van der Waals surface area contributed by atoms with Crippen LogP contribution in [0.15, 0.2) is 0 Å². The first-order chi connectivity index (χ1) is 7.20. The molecule has 3 heteroatoms. The van der Waals surface area contributed by atoms with E-state index in [4.69, 9.17) is 5.73 Å². The molecule has 1 aliphatic rings. The van der Waals surface area contributed by atoms with E-state index < -0.39 is 0 Å². The minimum atomic E-state index is -0.182. The number of nitrogens with one attached hydrogen (secondary N) is 1. The van der Waals surface area contributed by atoms with Crippen molar-refractivity contribution in [2.75, 3.05) is 6.54 Å². The Labute approximate surface area is 92.8 Å². The van der Waals surface area contributed by atoms with Crippen molar-refractivity contribution >= 4 is 5.91 Å². The summed E-state index contributed by atoms with van der Waals surface area (Å²) >= 11 is 0. The predicted molar refractivity (Wildman–Crippen MR) is 62.5 cm³/mol. The predicted octanol–water partition coefficient (Wildman–Crippen LogP) is 1.81. The molecule has 0 aromatic carbocycles. The Morgan fingerprint density at radius 2 is 2.07 bits per heavy atom. The maximum atomic E-state index is 10.5. The molecule has 0 radical (unpaired) electrons. The summed E-state index contributed by atoms with van der Waals surface area (Å²) < 4.78 is 0. The van der Waals surface area contributed by atoms with E-state index in [2.05, 4.69) is 12.2 Å². The molecule has 15 heavy (non-hydrogen) atoms. The number of rotatable bonds is 7. The van der Waals surface area contributed by atoms with Gasteiger partial charge in [-0.1, -0.05) is 12.8 Å². The lowest BCUT2D eigenvalue weighted by molar-refractivity contribution is -0.118. The van der Waals surface area contributed by atoms with E-state index in [9.17, 15) is 4.79 Å². The molecule has 1 unspecified atom stereocenters. The van der Waals surface area contributed by atoms with Crippen LogP contribution in [-0.2, 0) is 4.79 Å². The number of nitrogens with two attached hydrogens (primary N) is 1. The lowest BCUT2D eigenvalue weighted by Crippen LogP contribution is -2.33. The Morgan fingerprint density at radius 3 is 2.67 bits per heavy atom. The van der Waals surface area contributed by atoms with E-state index in [1.807, 2.05) is 0 Å². The van der Waals surface area contributed by atoms with Gasteiger partial charge in [0, 0.05) is 12.5 Å². The molecule has 0 aromatic rings. The summed E-state index contributed by atoms with van der Waals surface area (Å²) in [5.74, 6) is 0.694. The van der Waals surface area contributed by atoms with Crippen molar-refractivity contribution in [3.8, 4) is 0 Å². The molecule has 1 saturated carbocycles. The molecule has 3 N–H and O–H groups in total. The summed E-state index contributed by atoms with van der Waals surface area (Å²) in [5, 5.41) is 3.55. The van der Waals surface area contributed by atoms with E-state index in [0.717, 1.165) is 25.3 Å². The maximum absolute atomic E-state index is 10.5. The highest BCUT2D eigenvalue weighted by molar-refractivity contribution is 5.73. The largest absolute Gasteiger partial charge is 0.370 e. The van der Waals surface area contributed by atoms with Crippen LogP contribution in [0, 0.1) is 5.92 Å². The first-order valence-corrected chi connectivity index (χ1v) is 6.22. The van der Waals surface area contributed by atoms with Crippen LogP contribution < -0.4 is 11.1 Å². The zero-order valence-corrected chi connectivity index (χ0v) is 9.80. The third-order valence-electron chi connectivity index (χ3n) is 3.42. The molecule has 0 saturated heterocycles. The maximum Gasteiger partial charge on any atom is 0.217 e. The normalized spacial score (nSPS) is 19.3. The SMILES string of the molecule is CC(NCCCCC(N)=O)C1CCCC1. The minimum absolute atomic E-state index is 0.182. The summed E-state index contributed by atoms with van der Waals surface area (Å²) in [6, 6.07) is 0.640. The van der Waals surface area contributed by atoms with Gasteiger partial charge in [-0.25, -0.2) is 0 Å². The average Bonchev–Trinajstić information content (AvgIpc) is 2.69. The Kier molecular flexibility index (Phi) is 5.69. The number of carbonyl (C=O) groups excluding carboxylic acids is 1. The van der Waals surface area contributed by atoms with Gasteiger partial charge in [0.15, 0.2) is 0 Å². The van der Waals surface area contributed by atoms with Crippen LogP contribution >= 0.6 is 0 Å². The van der Waals surface area contributed by atoms with Gasteiger partial charge in [-0.15, -0.1) is 0 Å². The summed E-state index contributed by atoms with van der Waals surface area (Å²) in [6.07, 6.45) is 8.07. The van der Waals surface area contributed by atoms with Gasteiger partial charge < -0.3 is 11.1 Å². The summed E-state index contributed by atoms with van der Waals surface area (Å²) in [6.45, 7) is 3.30. The number of amides is 1. The zero-order valence-electron chi connectivity index (χ0n) is 9.80. The van der Waals surface area contributed by atoms with Gasteiger partial charge in [0.05, 0.1) is 0 Å². The number of carbonyl (C=O) groups is 1. The summed E-state index contributed by atoms with van der Waals surface area (Å²) in [7, 11) is 0. The highest BCUT2D eigenvalue weighted by atomic mass is 16.1. The van der Waals surface area contributed by atoms with E-state index in [0.29, 0.717) is 12.5 Å². The lowest BCUT2D eigenvalue weighted by Gasteiger charge is -2.20. The Bertz CT molecular complexity index is 188. The first-order valence-electron chi connectivity index (χ1n) is 6.22. The van der Waals surface area contributed by atoms with Crippen LogP contribution in [0.4, 0.5) is 0 Å².